The summed E-state index contributed by atoms with van der Waals surface area (Å²) in [6, 6.07) is 16.0. The molecule has 0 radical (unpaired) electrons. The van der Waals surface area contributed by atoms with Crippen molar-refractivity contribution < 1.29 is 9.53 Å². The number of aromatic nitrogens is 2. The molecule has 0 unspecified atom stereocenters. The molecular formula is C19H18BrN3O2S2. The summed E-state index contributed by atoms with van der Waals surface area (Å²) >= 11 is 6.41. The average Bonchev–Trinajstić information content (AvgIpc) is 3.13. The molecule has 0 fully saturated rings. The van der Waals surface area contributed by atoms with Gasteiger partial charge >= 0.3 is 0 Å². The minimum absolute atomic E-state index is 0.0872. The number of nitrogens with one attached hydrogen (secondary N) is 1. The number of nitrogens with zero attached hydrogens (tertiary/aromatic N) is 2. The van der Waals surface area contributed by atoms with Gasteiger partial charge < -0.3 is 4.74 Å². The molecule has 2 aromatic carbocycles. The number of rotatable bonds is 8. The van der Waals surface area contributed by atoms with Gasteiger partial charge in [-0.1, -0.05) is 66.4 Å². The molecule has 140 valence electrons. The summed E-state index contributed by atoms with van der Waals surface area (Å²) < 4.78 is 7.23. The zero-order valence-corrected chi connectivity index (χ0v) is 17.9. The Bertz CT molecular complexity index is 903. The number of amides is 1. The van der Waals surface area contributed by atoms with Crippen LogP contribution in [-0.4, -0.2) is 22.7 Å². The predicted octanol–water partition coefficient (Wildman–Crippen LogP) is 5.17. The maximum absolute atomic E-state index is 12.1. The summed E-state index contributed by atoms with van der Waals surface area (Å²) in [5.74, 6) is 1.19. The number of anilines is 1. The van der Waals surface area contributed by atoms with E-state index in [2.05, 4.69) is 50.5 Å². The summed E-state index contributed by atoms with van der Waals surface area (Å²) in [4.78, 5) is 12.1. The van der Waals surface area contributed by atoms with Crippen molar-refractivity contribution in [2.45, 2.75) is 23.4 Å². The van der Waals surface area contributed by atoms with Gasteiger partial charge in [-0.25, -0.2) is 0 Å². The molecule has 0 aliphatic carbocycles. The molecule has 0 spiro atoms. The summed E-state index contributed by atoms with van der Waals surface area (Å²) in [6.07, 6.45) is 0.945. The summed E-state index contributed by atoms with van der Waals surface area (Å²) in [6.45, 7) is 2.00. The molecule has 3 aromatic rings. The molecule has 8 heteroatoms. The Kier molecular flexibility index (Phi) is 7.25. The fourth-order valence-electron chi connectivity index (χ4n) is 2.22. The molecule has 3 rings (SSSR count). The number of ether oxygens (including phenoxy) is 1. The molecule has 1 N–H and O–H groups in total. The summed E-state index contributed by atoms with van der Waals surface area (Å²) in [5.41, 5.74) is 2.42. The summed E-state index contributed by atoms with van der Waals surface area (Å²) in [7, 11) is 0. The Morgan fingerprint density at radius 2 is 2.00 bits per heavy atom. The fourth-order valence-corrected chi connectivity index (χ4v) is 4.48. The largest absolute Gasteiger partial charge is 0.483 e. The fraction of sp³-hybridized carbons (Fsp3) is 0.211. The molecule has 0 saturated heterocycles. The molecule has 1 heterocycles. The first kappa shape index (κ1) is 19.9. The van der Waals surface area contributed by atoms with Gasteiger partial charge in [-0.05, 0) is 45.6 Å². The van der Waals surface area contributed by atoms with Crippen LogP contribution in [0.4, 0.5) is 5.13 Å². The van der Waals surface area contributed by atoms with E-state index in [1.54, 1.807) is 11.8 Å². The first-order valence-electron chi connectivity index (χ1n) is 8.35. The number of carbonyl (C=O) groups is 1. The molecule has 0 aliphatic heterocycles. The van der Waals surface area contributed by atoms with Crippen molar-refractivity contribution in [2.75, 3.05) is 11.9 Å². The minimum atomic E-state index is -0.266. The highest BCUT2D eigenvalue weighted by atomic mass is 79.9. The van der Waals surface area contributed by atoms with E-state index in [1.165, 1.54) is 22.5 Å². The monoisotopic (exact) mass is 463 g/mol. The Morgan fingerprint density at radius 3 is 2.74 bits per heavy atom. The lowest BCUT2D eigenvalue weighted by molar-refractivity contribution is -0.118. The lowest BCUT2D eigenvalue weighted by Crippen LogP contribution is -2.20. The molecular weight excluding hydrogens is 446 g/mol. The zero-order valence-electron chi connectivity index (χ0n) is 14.6. The Morgan fingerprint density at radius 1 is 1.19 bits per heavy atom. The second-order valence-corrected chi connectivity index (χ2v) is 8.66. The predicted molar refractivity (Wildman–Crippen MR) is 114 cm³/mol. The van der Waals surface area contributed by atoms with Gasteiger partial charge in [0.05, 0.1) is 4.47 Å². The maximum atomic E-state index is 12.1. The van der Waals surface area contributed by atoms with Crippen LogP contribution in [0.15, 0.2) is 57.3 Å². The van der Waals surface area contributed by atoms with Gasteiger partial charge in [0.25, 0.3) is 5.91 Å². The SMILES string of the molecule is CCc1ccc(OCC(=O)Nc2nnc(SCc3ccccc3)s2)c(Br)c1. The number of hydrogen-bond acceptors (Lipinski definition) is 6. The number of thioether (sulfide) groups is 1. The minimum Gasteiger partial charge on any atom is -0.483 e. The molecule has 0 saturated carbocycles. The van der Waals surface area contributed by atoms with Crippen molar-refractivity contribution in [2.24, 2.45) is 0 Å². The lowest BCUT2D eigenvalue weighted by Gasteiger charge is -2.08. The lowest BCUT2D eigenvalue weighted by atomic mass is 10.2. The van der Waals surface area contributed by atoms with Gasteiger partial charge in [0.2, 0.25) is 5.13 Å². The Labute approximate surface area is 174 Å². The third kappa shape index (κ3) is 6.05. The van der Waals surface area contributed by atoms with Gasteiger partial charge in [0, 0.05) is 5.75 Å². The standard InChI is InChI=1S/C19H18BrN3O2S2/c1-2-13-8-9-16(15(20)10-13)25-11-17(24)21-18-22-23-19(27-18)26-12-14-6-4-3-5-7-14/h3-10H,2,11-12H2,1H3,(H,21,22,24). The third-order valence-electron chi connectivity index (χ3n) is 3.62. The molecule has 0 atom stereocenters. The topological polar surface area (TPSA) is 64.1 Å². The van der Waals surface area contributed by atoms with Gasteiger partial charge in [-0.15, -0.1) is 10.2 Å². The van der Waals surface area contributed by atoms with E-state index in [0.29, 0.717) is 10.9 Å². The number of hydrogen-bond donors (Lipinski definition) is 1. The highest BCUT2D eigenvalue weighted by molar-refractivity contribution is 9.10. The van der Waals surface area contributed by atoms with E-state index in [-0.39, 0.29) is 12.5 Å². The number of aryl methyl sites for hydroxylation is 1. The maximum Gasteiger partial charge on any atom is 0.264 e. The van der Waals surface area contributed by atoms with Gasteiger partial charge in [0.15, 0.2) is 10.9 Å². The molecule has 1 aromatic heterocycles. The number of carbonyl (C=O) groups excluding carboxylic acids is 1. The number of halogens is 1. The zero-order chi connectivity index (χ0) is 19.1. The van der Waals surface area contributed by atoms with Gasteiger partial charge in [-0.2, -0.15) is 0 Å². The second kappa shape index (κ2) is 9.87. The van der Waals surface area contributed by atoms with Crippen LogP contribution >= 0.6 is 39.0 Å². The van der Waals surface area contributed by atoms with Crippen LogP contribution in [0.1, 0.15) is 18.1 Å². The normalized spacial score (nSPS) is 10.6. The van der Waals surface area contributed by atoms with E-state index in [4.69, 9.17) is 4.74 Å². The van der Waals surface area contributed by atoms with Crippen molar-refractivity contribution in [3.8, 4) is 5.75 Å². The smallest absolute Gasteiger partial charge is 0.264 e. The molecule has 1 amide bonds. The van der Waals surface area contributed by atoms with Gasteiger partial charge in [-0.3, -0.25) is 10.1 Å². The molecule has 5 nitrogen and oxygen atoms in total. The molecule has 0 bridgehead atoms. The number of benzene rings is 2. The van der Waals surface area contributed by atoms with E-state index in [1.807, 2.05) is 36.4 Å². The van der Waals surface area contributed by atoms with Crippen LogP contribution in [0.5, 0.6) is 5.75 Å². The van der Waals surface area contributed by atoms with E-state index < -0.39 is 0 Å². The van der Waals surface area contributed by atoms with E-state index in [9.17, 15) is 4.79 Å². The van der Waals surface area contributed by atoms with Gasteiger partial charge in [0.1, 0.15) is 5.75 Å². The van der Waals surface area contributed by atoms with E-state index >= 15 is 0 Å². The Balaban J connectivity index is 1.47. The van der Waals surface area contributed by atoms with Crippen molar-refractivity contribution in [1.29, 1.82) is 0 Å². The Hall–Kier alpha value is -1.90. The third-order valence-corrected chi connectivity index (χ3v) is 6.28. The first-order chi connectivity index (χ1) is 13.1. The van der Waals surface area contributed by atoms with E-state index in [0.717, 1.165) is 21.0 Å². The van der Waals surface area contributed by atoms with Crippen LogP contribution in [0.2, 0.25) is 0 Å². The quantitative estimate of drug-likeness (QED) is 0.368. The highest BCUT2D eigenvalue weighted by Crippen LogP contribution is 2.29. The van der Waals surface area contributed by atoms with Crippen LogP contribution in [0.25, 0.3) is 0 Å². The van der Waals surface area contributed by atoms with Crippen molar-refractivity contribution in [1.82, 2.24) is 10.2 Å². The van der Waals surface area contributed by atoms with Crippen LogP contribution < -0.4 is 10.1 Å². The van der Waals surface area contributed by atoms with Crippen LogP contribution in [0, 0.1) is 0 Å². The summed E-state index contributed by atoms with van der Waals surface area (Å²) in [5, 5.41) is 11.3. The molecule has 27 heavy (non-hydrogen) atoms. The van der Waals surface area contributed by atoms with Crippen molar-refractivity contribution in [3.63, 3.8) is 0 Å². The average molecular weight is 464 g/mol. The highest BCUT2D eigenvalue weighted by Gasteiger charge is 2.11. The van der Waals surface area contributed by atoms with Crippen LogP contribution in [-0.2, 0) is 17.0 Å². The van der Waals surface area contributed by atoms with Crippen molar-refractivity contribution in [3.05, 3.63) is 64.1 Å². The first-order valence-corrected chi connectivity index (χ1v) is 10.9. The van der Waals surface area contributed by atoms with Crippen molar-refractivity contribution >= 4 is 50.1 Å². The molecule has 0 aliphatic rings. The second-order valence-electron chi connectivity index (χ2n) is 5.60. The van der Waals surface area contributed by atoms with Crippen LogP contribution in [0.3, 0.4) is 0 Å².